The Morgan fingerprint density at radius 3 is 2.05 bits per heavy atom. The van der Waals surface area contributed by atoms with Gasteiger partial charge in [0.05, 0.1) is 12.4 Å². The first-order valence-electron chi connectivity index (χ1n) is 7.45. The zero-order valence-electron chi connectivity index (χ0n) is 14.2. The molecule has 1 atom stereocenters. The molecule has 0 aliphatic rings. The van der Waals surface area contributed by atoms with Gasteiger partial charge in [-0.05, 0) is 23.7 Å². The number of sulfonamides is 1. The molecule has 0 amide bonds. The van der Waals surface area contributed by atoms with E-state index in [-0.39, 0.29) is 22.6 Å². The lowest BCUT2D eigenvalue weighted by atomic mass is 9.86. The molecule has 4 nitrogen and oxygen atoms in total. The van der Waals surface area contributed by atoms with E-state index in [1.165, 1.54) is 0 Å². The van der Waals surface area contributed by atoms with Crippen LogP contribution in [0.5, 0.6) is 0 Å². The summed E-state index contributed by atoms with van der Waals surface area (Å²) in [6, 6.07) is -0.0250. The van der Waals surface area contributed by atoms with Crippen molar-refractivity contribution in [2.75, 3.05) is 19.0 Å². The fraction of sp³-hybridized carbons (Fsp3) is 1.00. The van der Waals surface area contributed by atoms with Crippen molar-refractivity contribution < 1.29 is 13.2 Å². The van der Waals surface area contributed by atoms with Gasteiger partial charge >= 0.3 is 0 Å². The van der Waals surface area contributed by atoms with Crippen LogP contribution in [0.3, 0.4) is 0 Å². The molecule has 0 spiro atoms. The molecule has 0 bridgehead atoms. The molecule has 0 aromatic carbocycles. The monoisotopic (exact) mass is 307 g/mol. The van der Waals surface area contributed by atoms with Gasteiger partial charge < -0.3 is 4.74 Å². The zero-order valence-corrected chi connectivity index (χ0v) is 15.1. The molecule has 0 heterocycles. The Bertz CT molecular complexity index is 364. The third-order valence-electron chi connectivity index (χ3n) is 3.01. The fourth-order valence-corrected chi connectivity index (χ4v) is 3.45. The molecule has 0 radical (unpaired) electrons. The highest BCUT2D eigenvalue weighted by atomic mass is 32.2. The molecular weight excluding hydrogens is 274 g/mol. The Balaban J connectivity index is 4.14. The molecule has 5 heteroatoms. The first-order valence-corrected chi connectivity index (χ1v) is 9.10. The third-order valence-corrected chi connectivity index (χ3v) is 4.48. The van der Waals surface area contributed by atoms with Crippen molar-refractivity contribution in [2.45, 2.75) is 67.3 Å². The van der Waals surface area contributed by atoms with Gasteiger partial charge in [0, 0.05) is 12.6 Å². The molecule has 0 aliphatic carbocycles. The maximum atomic E-state index is 12.0. The lowest BCUT2D eigenvalue weighted by Gasteiger charge is -2.30. The third kappa shape index (κ3) is 9.72. The van der Waals surface area contributed by atoms with E-state index >= 15 is 0 Å². The Morgan fingerprint density at radius 1 is 1.10 bits per heavy atom. The summed E-state index contributed by atoms with van der Waals surface area (Å²) < 4.78 is 32.4. The fourth-order valence-electron chi connectivity index (χ4n) is 1.88. The number of hydrogen-bond acceptors (Lipinski definition) is 3. The van der Waals surface area contributed by atoms with E-state index in [1.54, 1.807) is 0 Å². The van der Waals surface area contributed by atoms with Crippen LogP contribution in [0, 0.1) is 10.8 Å². The number of rotatable bonds is 8. The van der Waals surface area contributed by atoms with Crippen LogP contribution in [0.15, 0.2) is 0 Å². The average molecular weight is 308 g/mol. The second-order valence-corrected chi connectivity index (χ2v) is 9.60. The zero-order chi connectivity index (χ0) is 16.0. The first kappa shape index (κ1) is 19.9. The summed E-state index contributed by atoms with van der Waals surface area (Å²) in [6.45, 7) is 15.6. The van der Waals surface area contributed by atoms with Gasteiger partial charge in [-0.2, -0.15) is 0 Å². The van der Waals surface area contributed by atoms with E-state index in [0.717, 1.165) is 6.42 Å². The minimum absolute atomic E-state index is 0.0250. The van der Waals surface area contributed by atoms with E-state index in [2.05, 4.69) is 46.3 Å². The summed E-state index contributed by atoms with van der Waals surface area (Å²) in [7, 11) is -3.22. The predicted molar refractivity (Wildman–Crippen MR) is 85.3 cm³/mol. The normalized spacial score (nSPS) is 15.3. The van der Waals surface area contributed by atoms with Gasteiger partial charge in [-0.15, -0.1) is 0 Å². The summed E-state index contributed by atoms with van der Waals surface area (Å²) >= 11 is 0. The van der Waals surface area contributed by atoms with Gasteiger partial charge in [0.25, 0.3) is 0 Å². The molecule has 0 unspecified atom stereocenters. The van der Waals surface area contributed by atoms with Gasteiger partial charge in [-0.25, -0.2) is 13.1 Å². The van der Waals surface area contributed by atoms with Crippen LogP contribution in [-0.4, -0.2) is 33.4 Å². The van der Waals surface area contributed by atoms with Crippen LogP contribution in [0.2, 0.25) is 0 Å². The maximum Gasteiger partial charge on any atom is 0.211 e. The standard InChI is InChI=1S/C15H33NO3S/c1-8-13(15(5,6)7)16-20(17,18)11-9-10-19-12-14(2,3)4/h13,16H,8-12H2,1-7H3/t13-/m1/s1. The SMILES string of the molecule is CC[C@@H](NS(=O)(=O)CCCOCC(C)(C)C)C(C)(C)C. The van der Waals surface area contributed by atoms with Crippen LogP contribution in [0.1, 0.15) is 61.3 Å². The summed E-state index contributed by atoms with van der Waals surface area (Å²) in [5, 5.41) is 0. The van der Waals surface area contributed by atoms with Crippen molar-refractivity contribution in [3.05, 3.63) is 0 Å². The average Bonchev–Trinajstić information content (AvgIpc) is 2.22. The van der Waals surface area contributed by atoms with Crippen LogP contribution in [0.4, 0.5) is 0 Å². The van der Waals surface area contributed by atoms with E-state index in [0.29, 0.717) is 19.6 Å². The van der Waals surface area contributed by atoms with Gasteiger partial charge in [-0.1, -0.05) is 48.5 Å². The van der Waals surface area contributed by atoms with Crippen LogP contribution in [-0.2, 0) is 14.8 Å². The highest BCUT2D eigenvalue weighted by molar-refractivity contribution is 7.89. The van der Waals surface area contributed by atoms with Gasteiger partial charge in [0.15, 0.2) is 0 Å². The van der Waals surface area contributed by atoms with Crippen molar-refractivity contribution in [3.8, 4) is 0 Å². The molecular formula is C15H33NO3S. The second-order valence-electron chi connectivity index (χ2n) is 7.73. The molecule has 0 saturated heterocycles. The molecule has 20 heavy (non-hydrogen) atoms. The van der Waals surface area contributed by atoms with Gasteiger partial charge in [0.1, 0.15) is 0 Å². The number of hydrogen-bond donors (Lipinski definition) is 1. The van der Waals surface area contributed by atoms with Gasteiger partial charge in [0.2, 0.25) is 10.0 Å². The quantitative estimate of drug-likeness (QED) is 0.701. The highest BCUT2D eigenvalue weighted by Crippen LogP contribution is 2.22. The van der Waals surface area contributed by atoms with Crippen molar-refractivity contribution in [2.24, 2.45) is 10.8 Å². The molecule has 0 fully saturated rings. The Labute approximate surface area is 125 Å². The topological polar surface area (TPSA) is 55.4 Å². The molecule has 0 aromatic heterocycles. The lowest BCUT2D eigenvalue weighted by molar-refractivity contribution is 0.0720. The van der Waals surface area contributed by atoms with E-state index in [4.69, 9.17) is 4.74 Å². The van der Waals surface area contributed by atoms with Gasteiger partial charge in [-0.3, -0.25) is 0 Å². The Hall–Kier alpha value is -0.130. The van der Waals surface area contributed by atoms with E-state index in [1.807, 2.05) is 6.92 Å². The second kappa shape index (κ2) is 7.76. The summed E-state index contributed by atoms with van der Waals surface area (Å²) in [5.41, 5.74) is 0.0568. The van der Waals surface area contributed by atoms with Crippen LogP contribution in [0.25, 0.3) is 0 Å². The molecule has 0 aliphatic heterocycles. The molecule has 0 aromatic rings. The smallest absolute Gasteiger partial charge is 0.211 e. The van der Waals surface area contributed by atoms with E-state index in [9.17, 15) is 8.42 Å². The Morgan fingerprint density at radius 2 is 1.65 bits per heavy atom. The largest absolute Gasteiger partial charge is 0.381 e. The van der Waals surface area contributed by atoms with Crippen LogP contribution < -0.4 is 4.72 Å². The van der Waals surface area contributed by atoms with Crippen molar-refractivity contribution in [1.82, 2.24) is 4.72 Å². The lowest BCUT2D eigenvalue weighted by Crippen LogP contribution is -2.44. The highest BCUT2D eigenvalue weighted by Gasteiger charge is 2.27. The van der Waals surface area contributed by atoms with Crippen LogP contribution >= 0.6 is 0 Å². The Kier molecular flexibility index (Phi) is 7.71. The van der Waals surface area contributed by atoms with Crippen molar-refractivity contribution >= 4 is 10.0 Å². The van der Waals surface area contributed by atoms with Crippen molar-refractivity contribution in [3.63, 3.8) is 0 Å². The molecule has 1 N–H and O–H groups in total. The predicted octanol–water partition coefficient (Wildman–Crippen LogP) is 3.18. The minimum atomic E-state index is -3.22. The first-order chi connectivity index (χ1) is 8.87. The summed E-state index contributed by atoms with van der Waals surface area (Å²) in [6.07, 6.45) is 1.33. The number of ether oxygens (including phenoxy) is 1. The minimum Gasteiger partial charge on any atom is -0.381 e. The van der Waals surface area contributed by atoms with E-state index < -0.39 is 10.0 Å². The summed E-state index contributed by atoms with van der Waals surface area (Å²) in [5.74, 6) is 0.129. The molecule has 122 valence electrons. The maximum absolute atomic E-state index is 12.0. The van der Waals surface area contributed by atoms with Crippen molar-refractivity contribution in [1.29, 1.82) is 0 Å². The summed E-state index contributed by atoms with van der Waals surface area (Å²) in [4.78, 5) is 0. The number of nitrogens with one attached hydrogen (secondary N) is 1. The molecule has 0 saturated carbocycles. The molecule has 0 rings (SSSR count).